The van der Waals surface area contributed by atoms with Crippen molar-refractivity contribution in [3.63, 3.8) is 0 Å². The lowest BCUT2D eigenvalue weighted by molar-refractivity contribution is 0.0993. The molecule has 0 spiro atoms. The maximum atomic E-state index is 12.5. The van der Waals surface area contributed by atoms with Crippen molar-refractivity contribution in [2.75, 3.05) is 0 Å². The fourth-order valence-corrected chi connectivity index (χ4v) is 2.63. The Morgan fingerprint density at radius 2 is 2.14 bits per heavy atom. The number of ketones is 1. The second-order valence-electron chi connectivity index (χ2n) is 4.99. The highest BCUT2D eigenvalue weighted by atomic mass is 35.5. The van der Waals surface area contributed by atoms with Gasteiger partial charge in [-0.15, -0.1) is 0 Å². The molecule has 2 aromatic heterocycles. The summed E-state index contributed by atoms with van der Waals surface area (Å²) in [4.78, 5) is 16.7. The molecule has 0 saturated heterocycles. The molecule has 3 aromatic rings. The Hall–Kier alpha value is -2.20. The molecular formula is C16H14ClN3O. The summed E-state index contributed by atoms with van der Waals surface area (Å²) in [5, 5.41) is 5.70. The molecule has 0 unspecified atom stereocenters. The fraction of sp³-hybridized carbons (Fsp3) is 0.188. The van der Waals surface area contributed by atoms with Crippen molar-refractivity contribution in [3.8, 4) is 0 Å². The van der Waals surface area contributed by atoms with Crippen LogP contribution in [0.2, 0.25) is 5.15 Å². The van der Waals surface area contributed by atoms with E-state index < -0.39 is 0 Å². The van der Waals surface area contributed by atoms with Gasteiger partial charge in [0.05, 0.1) is 11.2 Å². The van der Waals surface area contributed by atoms with Crippen molar-refractivity contribution >= 4 is 28.3 Å². The zero-order valence-electron chi connectivity index (χ0n) is 11.8. The minimum absolute atomic E-state index is 0.0266. The number of aryl methyl sites for hydroxylation is 2. The van der Waals surface area contributed by atoms with Gasteiger partial charge in [0.15, 0.2) is 5.78 Å². The van der Waals surface area contributed by atoms with E-state index in [1.165, 1.54) is 0 Å². The second kappa shape index (κ2) is 5.30. The predicted molar refractivity (Wildman–Crippen MR) is 82.7 cm³/mol. The lowest BCUT2D eigenvalue weighted by Crippen LogP contribution is -2.04. The predicted octanol–water partition coefficient (Wildman–Crippen LogP) is 3.36. The monoisotopic (exact) mass is 299 g/mol. The molecule has 0 aliphatic heterocycles. The highest BCUT2D eigenvalue weighted by Crippen LogP contribution is 2.21. The molecule has 21 heavy (non-hydrogen) atoms. The third-order valence-corrected chi connectivity index (χ3v) is 4.00. The molecule has 0 aliphatic rings. The molecule has 0 bridgehead atoms. The van der Waals surface area contributed by atoms with E-state index in [1.54, 1.807) is 24.0 Å². The van der Waals surface area contributed by atoms with Crippen molar-refractivity contribution in [2.24, 2.45) is 7.05 Å². The van der Waals surface area contributed by atoms with Crippen LogP contribution in [-0.4, -0.2) is 20.5 Å². The van der Waals surface area contributed by atoms with Gasteiger partial charge in [-0.05, 0) is 31.2 Å². The maximum absolute atomic E-state index is 12.5. The zero-order chi connectivity index (χ0) is 15.0. The molecule has 1 aromatic carbocycles. The van der Waals surface area contributed by atoms with Gasteiger partial charge in [-0.2, -0.15) is 5.10 Å². The number of aromatic nitrogens is 3. The van der Waals surface area contributed by atoms with Crippen LogP contribution in [0.4, 0.5) is 0 Å². The van der Waals surface area contributed by atoms with Crippen molar-refractivity contribution in [1.82, 2.24) is 14.8 Å². The third kappa shape index (κ3) is 2.54. The number of nitrogens with zero attached hydrogens (tertiary/aromatic N) is 3. The van der Waals surface area contributed by atoms with Crippen LogP contribution in [0.1, 0.15) is 21.6 Å². The molecule has 4 nitrogen and oxygen atoms in total. The average molecular weight is 300 g/mol. The number of halogens is 1. The molecule has 5 heteroatoms. The Kier molecular flexibility index (Phi) is 3.47. The van der Waals surface area contributed by atoms with Gasteiger partial charge in [0.2, 0.25) is 0 Å². The number of hydrogen-bond donors (Lipinski definition) is 0. The molecule has 2 heterocycles. The quantitative estimate of drug-likeness (QED) is 0.697. The lowest BCUT2D eigenvalue weighted by Gasteiger charge is -2.03. The largest absolute Gasteiger partial charge is 0.294 e. The Labute approximate surface area is 127 Å². The van der Waals surface area contributed by atoms with Gasteiger partial charge >= 0.3 is 0 Å². The van der Waals surface area contributed by atoms with Gasteiger partial charge in [0.25, 0.3) is 0 Å². The van der Waals surface area contributed by atoms with Gasteiger partial charge in [0.1, 0.15) is 5.15 Å². The SMILES string of the molecule is Cc1nn(C)c(Cl)c1CC(=O)c1ccc2ncccc2c1. The smallest absolute Gasteiger partial charge is 0.167 e. The number of Topliss-reactive ketones (excluding diaryl/α,β-unsaturated/α-hetero) is 1. The highest BCUT2D eigenvalue weighted by Gasteiger charge is 2.16. The highest BCUT2D eigenvalue weighted by molar-refractivity contribution is 6.30. The first-order valence-corrected chi connectivity index (χ1v) is 7.00. The molecule has 0 aliphatic carbocycles. The van der Waals surface area contributed by atoms with Gasteiger partial charge in [-0.1, -0.05) is 17.7 Å². The van der Waals surface area contributed by atoms with E-state index in [0.717, 1.165) is 22.2 Å². The molecule has 106 valence electrons. The molecule has 0 amide bonds. The summed E-state index contributed by atoms with van der Waals surface area (Å²) in [5.74, 6) is 0.0266. The molecule has 0 fully saturated rings. The third-order valence-electron chi connectivity index (χ3n) is 3.53. The van der Waals surface area contributed by atoms with Crippen LogP contribution < -0.4 is 0 Å². The van der Waals surface area contributed by atoms with E-state index in [0.29, 0.717) is 10.7 Å². The molecule has 0 saturated carbocycles. The topological polar surface area (TPSA) is 47.8 Å². The van der Waals surface area contributed by atoms with Crippen LogP contribution in [-0.2, 0) is 13.5 Å². The summed E-state index contributed by atoms with van der Waals surface area (Å²) in [6.07, 6.45) is 1.99. The number of carbonyl (C=O) groups is 1. The summed E-state index contributed by atoms with van der Waals surface area (Å²) in [7, 11) is 1.77. The van der Waals surface area contributed by atoms with Gasteiger partial charge < -0.3 is 0 Å². The molecular weight excluding hydrogens is 286 g/mol. The molecule has 3 rings (SSSR count). The van der Waals surface area contributed by atoms with Crippen molar-refractivity contribution in [1.29, 1.82) is 0 Å². The summed E-state index contributed by atoms with van der Waals surface area (Å²) < 4.78 is 1.59. The number of rotatable bonds is 3. The number of hydrogen-bond acceptors (Lipinski definition) is 3. The Balaban J connectivity index is 1.93. The standard InChI is InChI=1S/C16H14ClN3O/c1-10-13(16(17)20(2)19-10)9-15(21)12-5-6-14-11(8-12)4-3-7-18-14/h3-8H,9H2,1-2H3. The van der Waals surface area contributed by atoms with Crippen LogP contribution in [0.3, 0.4) is 0 Å². The Morgan fingerprint density at radius 1 is 1.33 bits per heavy atom. The van der Waals surface area contributed by atoms with Crippen LogP contribution in [0.25, 0.3) is 10.9 Å². The van der Waals surface area contributed by atoms with Crippen molar-refractivity contribution in [2.45, 2.75) is 13.3 Å². The van der Waals surface area contributed by atoms with Crippen LogP contribution >= 0.6 is 11.6 Å². The van der Waals surface area contributed by atoms with Gasteiger partial charge in [-0.3, -0.25) is 14.5 Å². The minimum Gasteiger partial charge on any atom is -0.294 e. The number of fused-ring (bicyclic) bond motifs is 1. The van der Waals surface area contributed by atoms with E-state index in [9.17, 15) is 4.79 Å². The number of benzene rings is 1. The normalized spacial score (nSPS) is 11.0. The fourth-order valence-electron chi connectivity index (χ4n) is 2.39. The van der Waals surface area contributed by atoms with E-state index >= 15 is 0 Å². The van der Waals surface area contributed by atoms with E-state index in [2.05, 4.69) is 10.1 Å². The summed E-state index contributed by atoms with van der Waals surface area (Å²) in [6.45, 7) is 1.86. The summed E-state index contributed by atoms with van der Waals surface area (Å²) in [6, 6.07) is 9.34. The van der Waals surface area contributed by atoms with Crippen molar-refractivity contribution < 1.29 is 4.79 Å². The second-order valence-corrected chi connectivity index (χ2v) is 5.35. The van der Waals surface area contributed by atoms with Crippen LogP contribution in [0.15, 0.2) is 36.5 Å². The maximum Gasteiger partial charge on any atom is 0.167 e. The lowest BCUT2D eigenvalue weighted by atomic mass is 10.0. The zero-order valence-corrected chi connectivity index (χ0v) is 12.6. The Bertz CT molecular complexity index is 839. The van der Waals surface area contributed by atoms with E-state index in [-0.39, 0.29) is 12.2 Å². The first-order valence-electron chi connectivity index (χ1n) is 6.62. The number of pyridine rings is 1. The van der Waals surface area contributed by atoms with Gasteiger partial charge in [-0.25, -0.2) is 0 Å². The molecule has 0 radical (unpaired) electrons. The minimum atomic E-state index is 0.0266. The summed E-state index contributed by atoms with van der Waals surface area (Å²) >= 11 is 6.18. The van der Waals surface area contributed by atoms with E-state index in [4.69, 9.17) is 11.6 Å². The first-order chi connectivity index (χ1) is 10.1. The van der Waals surface area contributed by atoms with Gasteiger partial charge in [0, 0.05) is 36.2 Å². The van der Waals surface area contributed by atoms with Crippen LogP contribution in [0, 0.1) is 6.92 Å². The van der Waals surface area contributed by atoms with E-state index in [1.807, 2.05) is 31.2 Å². The van der Waals surface area contributed by atoms with Crippen molar-refractivity contribution in [3.05, 3.63) is 58.5 Å². The van der Waals surface area contributed by atoms with Crippen LogP contribution in [0.5, 0.6) is 0 Å². The first kappa shape index (κ1) is 13.8. The average Bonchev–Trinajstić information content (AvgIpc) is 2.73. The molecule has 0 N–H and O–H groups in total. The number of carbonyl (C=O) groups excluding carboxylic acids is 1. The summed E-state index contributed by atoms with van der Waals surface area (Å²) in [5.41, 5.74) is 3.12. The molecule has 0 atom stereocenters. The Morgan fingerprint density at radius 3 is 2.86 bits per heavy atom.